The molecular formula is C16H26N4O. The second kappa shape index (κ2) is 6.60. The van der Waals surface area contributed by atoms with Crippen molar-refractivity contribution in [3.8, 4) is 0 Å². The summed E-state index contributed by atoms with van der Waals surface area (Å²) in [6.07, 6.45) is 9.70. The van der Waals surface area contributed by atoms with E-state index >= 15 is 0 Å². The number of carbonyl (C=O) groups is 1. The predicted octanol–water partition coefficient (Wildman–Crippen LogP) is 1.30. The second-order valence-electron chi connectivity index (χ2n) is 6.49. The smallest absolute Gasteiger partial charge is 0.236 e. The first-order chi connectivity index (χ1) is 10.2. The molecule has 0 aromatic carbocycles. The fraction of sp³-hybridized carbons (Fsp3) is 0.750. The van der Waals surface area contributed by atoms with Crippen molar-refractivity contribution in [3.63, 3.8) is 0 Å². The monoisotopic (exact) mass is 290 g/mol. The van der Waals surface area contributed by atoms with Crippen LogP contribution in [0.3, 0.4) is 0 Å². The molecule has 2 fully saturated rings. The number of carbonyl (C=O) groups excluding carboxylic acids is 1. The Bertz CT molecular complexity index is 478. The van der Waals surface area contributed by atoms with Gasteiger partial charge in [0.2, 0.25) is 5.91 Å². The molecule has 1 aromatic heterocycles. The van der Waals surface area contributed by atoms with E-state index in [-0.39, 0.29) is 0 Å². The molecule has 2 saturated heterocycles. The van der Waals surface area contributed by atoms with Crippen LogP contribution in [-0.4, -0.2) is 58.0 Å². The zero-order valence-corrected chi connectivity index (χ0v) is 13.0. The highest BCUT2D eigenvalue weighted by atomic mass is 16.2. The Morgan fingerprint density at radius 2 is 2.10 bits per heavy atom. The molecule has 0 saturated carbocycles. The van der Waals surface area contributed by atoms with E-state index in [4.69, 9.17) is 0 Å². The molecule has 0 bridgehead atoms. The van der Waals surface area contributed by atoms with Crippen molar-refractivity contribution in [1.29, 1.82) is 0 Å². The van der Waals surface area contributed by atoms with E-state index < -0.39 is 0 Å². The molecule has 3 heterocycles. The van der Waals surface area contributed by atoms with E-state index in [0.717, 1.165) is 38.4 Å². The van der Waals surface area contributed by atoms with Crippen LogP contribution in [0.5, 0.6) is 0 Å². The quantitative estimate of drug-likeness (QED) is 0.839. The van der Waals surface area contributed by atoms with Crippen LogP contribution in [0.25, 0.3) is 0 Å². The summed E-state index contributed by atoms with van der Waals surface area (Å²) in [5.41, 5.74) is 0. The van der Waals surface area contributed by atoms with Gasteiger partial charge in [-0.25, -0.2) is 4.98 Å². The van der Waals surface area contributed by atoms with E-state index in [9.17, 15) is 4.79 Å². The van der Waals surface area contributed by atoms with E-state index in [1.165, 1.54) is 25.7 Å². The normalized spacial score (nSPS) is 23.7. The Labute approximate surface area is 126 Å². The maximum absolute atomic E-state index is 12.3. The summed E-state index contributed by atoms with van der Waals surface area (Å²) in [4.78, 5) is 21.1. The van der Waals surface area contributed by atoms with Gasteiger partial charge in [-0.05, 0) is 38.1 Å². The molecule has 1 atom stereocenters. The van der Waals surface area contributed by atoms with Crippen molar-refractivity contribution in [1.82, 2.24) is 19.4 Å². The van der Waals surface area contributed by atoms with Crippen LogP contribution in [-0.2, 0) is 18.3 Å². The summed E-state index contributed by atoms with van der Waals surface area (Å²) in [5.74, 6) is 2.11. The van der Waals surface area contributed by atoms with E-state index in [1.807, 2.05) is 17.3 Å². The van der Waals surface area contributed by atoms with Crippen molar-refractivity contribution < 1.29 is 4.79 Å². The van der Waals surface area contributed by atoms with Gasteiger partial charge >= 0.3 is 0 Å². The Morgan fingerprint density at radius 3 is 2.81 bits per heavy atom. The summed E-state index contributed by atoms with van der Waals surface area (Å²) >= 11 is 0. The van der Waals surface area contributed by atoms with Gasteiger partial charge in [-0.1, -0.05) is 0 Å². The summed E-state index contributed by atoms with van der Waals surface area (Å²) < 4.78 is 2.11. The van der Waals surface area contributed by atoms with Gasteiger partial charge in [-0.2, -0.15) is 0 Å². The van der Waals surface area contributed by atoms with Crippen LogP contribution in [0.4, 0.5) is 0 Å². The molecule has 1 aromatic rings. The molecule has 5 nitrogen and oxygen atoms in total. The molecule has 0 N–H and O–H groups in total. The highest BCUT2D eigenvalue weighted by Gasteiger charge is 2.25. The number of hydrogen-bond donors (Lipinski definition) is 0. The number of aromatic nitrogens is 2. The first-order valence-electron chi connectivity index (χ1n) is 8.18. The van der Waals surface area contributed by atoms with Gasteiger partial charge in [-0.3, -0.25) is 9.69 Å². The lowest BCUT2D eigenvalue weighted by Crippen LogP contribution is -2.43. The zero-order chi connectivity index (χ0) is 14.7. The largest absolute Gasteiger partial charge is 0.342 e. The van der Waals surface area contributed by atoms with Crippen molar-refractivity contribution in [2.45, 2.75) is 32.1 Å². The third kappa shape index (κ3) is 3.64. The summed E-state index contributed by atoms with van der Waals surface area (Å²) in [6, 6.07) is 0. The molecule has 2 aliphatic heterocycles. The lowest BCUT2D eigenvalue weighted by atomic mass is 9.94. The Balaban J connectivity index is 1.51. The zero-order valence-electron chi connectivity index (χ0n) is 13.0. The Hall–Kier alpha value is -1.36. The first-order valence-corrected chi connectivity index (χ1v) is 8.18. The maximum Gasteiger partial charge on any atom is 0.236 e. The number of piperidine rings is 1. The molecule has 21 heavy (non-hydrogen) atoms. The number of imidazole rings is 1. The standard InChI is InChI=1S/C16H26N4O/c1-18-10-6-17-15(18)11-14-5-4-7-19(12-14)13-16(21)20-8-2-3-9-20/h6,10,14H,2-5,7-9,11-13H2,1H3. The minimum absolute atomic E-state index is 0.324. The van der Waals surface area contributed by atoms with Crippen molar-refractivity contribution in [3.05, 3.63) is 18.2 Å². The topological polar surface area (TPSA) is 41.4 Å². The SMILES string of the molecule is Cn1ccnc1CC1CCCN(CC(=O)N2CCCC2)C1. The van der Waals surface area contributed by atoms with Crippen molar-refractivity contribution in [2.75, 3.05) is 32.7 Å². The summed E-state index contributed by atoms with van der Waals surface area (Å²) in [6.45, 7) is 4.63. The number of likely N-dealkylation sites (tertiary alicyclic amines) is 2. The summed E-state index contributed by atoms with van der Waals surface area (Å²) in [7, 11) is 2.06. The fourth-order valence-corrected chi connectivity index (χ4v) is 3.57. The minimum atomic E-state index is 0.324. The number of amides is 1. The molecule has 0 aliphatic carbocycles. The van der Waals surface area contributed by atoms with Gasteiger partial charge in [0.15, 0.2) is 0 Å². The van der Waals surface area contributed by atoms with Crippen LogP contribution < -0.4 is 0 Å². The van der Waals surface area contributed by atoms with Crippen LogP contribution in [0.2, 0.25) is 0 Å². The highest BCUT2D eigenvalue weighted by Crippen LogP contribution is 2.20. The molecule has 2 aliphatic rings. The third-order valence-electron chi connectivity index (χ3n) is 4.81. The van der Waals surface area contributed by atoms with Gasteiger partial charge < -0.3 is 9.47 Å². The molecular weight excluding hydrogens is 264 g/mol. The molecule has 116 valence electrons. The van der Waals surface area contributed by atoms with Gasteiger partial charge in [0.05, 0.1) is 6.54 Å². The number of nitrogens with zero attached hydrogens (tertiary/aromatic N) is 4. The lowest BCUT2D eigenvalue weighted by Gasteiger charge is -2.33. The van der Waals surface area contributed by atoms with Crippen LogP contribution in [0.1, 0.15) is 31.5 Å². The second-order valence-corrected chi connectivity index (χ2v) is 6.49. The fourth-order valence-electron chi connectivity index (χ4n) is 3.57. The average molecular weight is 290 g/mol. The van der Waals surface area contributed by atoms with Crippen LogP contribution >= 0.6 is 0 Å². The van der Waals surface area contributed by atoms with E-state index in [1.54, 1.807) is 0 Å². The first kappa shape index (κ1) is 14.6. The van der Waals surface area contributed by atoms with E-state index in [2.05, 4.69) is 21.5 Å². The summed E-state index contributed by atoms with van der Waals surface area (Å²) in [5, 5.41) is 0. The number of aryl methyl sites for hydroxylation is 1. The van der Waals surface area contributed by atoms with Gasteiger partial charge in [-0.15, -0.1) is 0 Å². The van der Waals surface area contributed by atoms with Crippen LogP contribution in [0, 0.1) is 5.92 Å². The molecule has 1 amide bonds. The van der Waals surface area contributed by atoms with Gasteiger partial charge in [0.25, 0.3) is 0 Å². The van der Waals surface area contributed by atoms with Gasteiger partial charge in [0, 0.05) is 45.5 Å². The van der Waals surface area contributed by atoms with E-state index in [0.29, 0.717) is 18.4 Å². The Morgan fingerprint density at radius 1 is 1.29 bits per heavy atom. The average Bonchev–Trinajstić information content (AvgIpc) is 3.12. The molecule has 1 unspecified atom stereocenters. The highest BCUT2D eigenvalue weighted by molar-refractivity contribution is 5.78. The molecule has 5 heteroatoms. The number of rotatable bonds is 4. The molecule has 0 spiro atoms. The third-order valence-corrected chi connectivity index (χ3v) is 4.81. The maximum atomic E-state index is 12.3. The van der Waals surface area contributed by atoms with Crippen LogP contribution in [0.15, 0.2) is 12.4 Å². The Kier molecular flexibility index (Phi) is 4.58. The van der Waals surface area contributed by atoms with Gasteiger partial charge in [0.1, 0.15) is 5.82 Å². The van der Waals surface area contributed by atoms with Crippen molar-refractivity contribution in [2.24, 2.45) is 13.0 Å². The van der Waals surface area contributed by atoms with Crippen molar-refractivity contribution >= 4 is 5.91 Å². The minimum Gasteiger partial charge on any atom is -0.342 e. The lowest BCUT2D eigenvalue weighted by molar-refractivity contribution is -0.131. The molecule has 0 radical (unpaired) electrons. The number of hydrogen-bond acceptors (Lipinski definition) is 3. The molecule has 3 rings (SSSR count). The predicted molar refractivity (Wildman–Crippen MR) is 81.9 cm³/mol.